The average Bonchev–Trinajstić information content (AvgIpc) is 2.53. The first-order chi connectivity index (χ1) is 7.79. The predicted molar refractivity (Wildman–Crippen MR) is 64.8 cm³/mol. The Hall–Kier alpha value is -1.48. The second-order valence-corrected chi connectivity index (χ2v) is 3.95. The van der Waals surface area contributed by atoms with Crippen LogP contribution in [-0.2, 0) is 0 Å². The minimum Gasteiger partial charge on any atom is -0.490 e. The minimum atomic E-state index is 0.578. The van der Waals surface area contributed by atoms with Gasteiger partial charge in [-0.2, -0.15) is 0 Å². The van der Waals surface area contributed by atoms with Crippen LogP contribution < -0.4 is 15.2 Å². The van der Waals surface area contributed by atoms with Crippen LogP contribution >= 0.6 is 0 Å². The maximum absolute atomic E-state index is 5.62. The van der Waals surface area contributed by atoms with E-state index in [9.17, 15) is 0 Å². The van der Waals surface area contributed by atoms with E-state index >= 15 is 0 Å². The molecule has 0 saturated carbocycles. The van der Waals surface area contributed by atoms with E-state index in [4.69, 9.17) is 15.2 Å². The molecule has 0 saturated heterocycles. The molecule has 86 valence electrons. The molecular formula is C13H17NO2. The molecule has 16 heavy (non-hydrogen) atoms. The van der Waals surface area contributed by atoms with Gasteiger partial charge in [0.05, 0.1) is 13.2 Å². The predicted octanol–water partition coefficient (Wildman–Crippen LogP) is 2.21. The lowest BCUT2D eigenvalue weighted by atomic mass is 10.1. The van der Waals surface area contributed by atoms with Gasteiger partial charge in [-0.05, 0) is 24.6 Å². The van der Waals surface area contributed by atoms with Gasteiger partial charge in [-0.15, -0.1) is 0 Å². The summed E-state index contributed by atoms with van der Waals surface area (Å²) in [6, 6.07) is 5.97. The summed E-state index contributed by atoms with van der Waals surface area (Å²) in [6.07, 6.45) is 3.00. The highest BCUT2D eigenvalue weighted by atomic mass is 16.5. The van der Waals surface area contributed by atoms with E-state index in [1.807, 2.05) is 25.1 Å². The Labute approximate surface area is 95.9 Å². The lowest BCUT2D eigenvalue weighted by molar-refractivity contribution is 0.297. The molecule has 0 aliphatic carbocycles. The van der Waals surface area contributed by atoms with E-state index in [0.717, 1.165) is 42.3 Å². The van der Waals surface area contributed by atoms with Gasteiger partial charge in [0, 0.05) is 13.0 Å². The molecule has 0 aromatic heterocycles. The molecule has 1 aliphatic heterocycles. The third kappa shape index (κ3) is 2.55. The second-order valence-electron chi connectivity index (χ2n) is 3.95. The molecule has 2 N–H and O–H groups in total. The van der Waals surface area contributed by atoms with E-state index in [0.29, 0.717) is 6.54 Å². The third-order valence-corrected chi connectivity index (χ3v) is 2.51. The second kappa shape index (κ2) is 5.03. The molecule has 3 heteroatoms. The normalized spacial score (nSPS) is 15.8. The van der Waals surface area contributed by atoms with Crippen molar-refractivity contribution >= 4 is 6.08 Å². The molecule has 0 amide bonds. The van der Waals surface area contributed by atoms with Crippen molar-refractivity contribution in [2.75, 3.05) is 19.8 Å². The molecule has 0 bridgehead atoms. The Balaban J connectivity index is 2.27. The summed E-state index contributed by atoms with van der Waals surface area (Å²) in [5.74, 6) is 1.66. The maximum Gasteiger partial charge on any atom is 0.161 e. The van der Waals surface area contributed by atoms with Crippen LogP contribution in [0.5, 0.6) is 11.5 Å². The van der Waals surface area contributed by atoms with Gasteiger partial charge in [-0.3, -0.25) is 0 Å². The summed E-state index contributed by atoms with van der Waals surface area (Å²) in [5.41, 5.74) is 7.81. The van der Waals surface area contributed by atoms with Crippen LogP contribution in [0.1, 0.15) is 18.9 Å². The molecule has 1 aromatic carbocycles. The summed E-state index contributed by atoms with van der Waals surface area (Å²) in [7, 11) is 0. The smallest absolute Gasteiger partial charge is 0.161 e. The summed E-state index contributed by atoms with van der Waals surface area (Å²) >= 11 is 0. The van der Waals surface area contributed by atoms with Gasteiger partial charge in [0.1, 0.15) is 0 Å². The van der Waals surface area contributed by atoms with Gasteiger partial charge in [0.2, 0.25) is 0 Å². The zero-order valence-corrected chi connectivity index (χ0v) is 9.53. The van der Waals surface area contributed by atoms with E-state index in [1.165, 1.54) is 0 Å². The summed E-state index contributed by atoms with van der Waals surface area (Å²) in [4.78, 5) is 0. The highest BCUT2D eigenvalue weighted by molar-refractivity contribution is 5.58. The van der Waals surface area contributed by atoms with Crippen molar-refractivity contribution in [3.8, 4) is 11.5 Å². The van der Waals surface area contributed by atoms with E-state index < -0.39 is 0 Å². The molecular weight excluding hydrogens is 202 g/mol. The van der Waals surface area contributed by atoms with Crippen LogP contribution in [0.2, 0.25) is 0 Å². The fourth-order valence-corrected chi connectivity index (χ4v) is 1.61. The van der Waals surface area contributed by atoms with Crippen LogP contribution in [0.3, 0.4) is 0 Å². The first-order valence-corrected chi connectivity index (χ1v) is 5.56. The van der Waals surface area contributed by atoms with E-state index in [2.05, 4.69) is 6.08 Å². The molecule has 0 atom stereocenters. The monoisotopic (exact) mass is 219 g/mol. The van der Waals surface area contributed by atoms with Gasteiger partial charge < -0.3 is 15.2 Å². The number of hydrogen-bond acceptors (Lipinski definition) is 3. The molecule has 0 radical (unpaired) electrons. The van der Waals surface area contributed by atoms with Gasteiger partial charge in [0.25, 0.3) is 0 Å². The fraction of sp³-hybridized carbons (Fsp3) is 0.385. The van der Waals surface area contributed by atoms with E-state index in [-0.39, 0.29) is 0 Å². The van der Waals surface area contributed by atoms with Gasteiger partial charge in [-0.25, -0.2) is 0 Å². The zero-order valence-electron chi connectivity index (χ0n) is 9.53. The van der Waals surface area contributed by atoms with Crippen LogP contribution in [0, 0.1) is 0 Å². The lowest BCUT2D eigenvalue weighted by Crippen LogP contribution is -1.99. The molecule has 1 aliphatic rings. The van der Waals surface area contributed by atoms with Crippen molar-refractivity contribution in [2.24, 2.45) is 5.73 Å². The van der Waals surface area contributed by atoms with Crippen molar-refractivity contribution in [3.63, 3.8) is 0 Å². The Kier molecular flexibility index (Phi) is 3.47. The van der Waals surface area contributed by atoms with Gasteiger partial charge in [-0.1, -0.05) is 17.7 Å². The average molecular weight is 219 g/mol. The molecule has 2 rings (SSSR count). The van der Waals surface area contributed by atoms with Crippen LogP contribution in [0.25, 0.3) is 6.08 Å². The topological polar surface area (TPSA) is 44.5 Å². The van der Waals surface area contributed by atoms with Crippen molar-refractivity contribution in [2.45, 2.75) is 13.3 Å². The van der Waals surface area contributed by atoms with Gasteiger partial charge in [0.15, 0.2) is 11.5 Å². The van der Waals surface area contributed by atoms with Crippen LogP contribution in [-0.4, -0.2) is 19.8 Å². The zero-order chi connectivity index (χ0) is 11.4. The van der Waals surface area contributed by atoms with Crippen molar-refractivity contribution in [3.05, 3.63) is 29.3 Å². The molecule has 0 fully saturated rings. The summed E-state index contributed by atoms with van der Waals surface area (Å²) in [6.45, 7) is 4.04. The third-order valence-electron chi connectivity index (χ3n) is 2.51. The highest BCUT2D eigenvalue weighted by Crippen LogP contribution is 2.30. The van der Waals surface area contributed by atoms with Crippen LogP contribution in [0.15, 0.2) is 23.8 Å². The van der Waals surface area contributed by atoms with Crippen molar-refractivity contribution in [1.82, 2.24) is 0 Å². The summed E-state index contributed by atoms with van der Waals surface area (Å²) in [5, 5.41) is 0. The molecule has 0 spiro atoms. The largest absolute Gasteiger partial charge is 0.490 e. The molecule has 1 heterocycles. The number of fused-ring (bicyclic) bond motifs is 1. The molecule has 0 unspecified atom stereocenters. The number of hydrogen-bond donors (Lipinski definition) is 1. The maximum atomic E-state index is 5.62. The highest BCUT2D eigenvalue weighted by Gasteiger charge is 2.09. The first kappa shape index (κ1) is 11.0. The molecule has 3 nitrogen and oxygen atoms in total. The Bertz CT molecular complexity index is 399. The first-order valence-electron chi connectivity index (χ1n) is 5.56. The molecule has 1 aromatic rings. The number of rotatable bonds is 2. The SMILES string of the molecule is CC(=Cc1ccc2c(c1)OCCCO2)CN. The van der Waals surface area contributed by atoms with E-state index in [1.54, 1.807) is 0 Å². The minimum absolute atomic E-state index is 0.578. The number of nitrogens with two attached hydrogens (primary N) is 1. The fourth-order valence-electron chi connectivity index (χ4n) is 1.61. The number of benzene rings is 1. The standard InChI is InChI=1S/C13H17NO2/c1-10(9-14)7-11-3-4-12-13(8-11)16-6-2-5-15-12/h3-4,7-8H,2,5-6,9,14H2,1H3. The van der Waals surface area contributed by atoms with Crippen molar-refractivity contribution < 1.29 is 9.47 Å². The van der Waals surface area contributed by atoms with Crippen LogP contribution in [0.4, 0.5) is 0 Å². The quantitative estimate of drug-likeness (QED) is 0.829. The van der Waals surface area contributed by atoms with Gasteiger partial charge >= 0.3 is 0 Å². The Morgan fingerprint density at radius 1 is 1.31 bits per heavy atom. The van der Waals surface area contributed by atoms with Crippen molar-refractivity contribution in [1.29, 1.82) is 0 Å². The lowest BCUT2D eigenvalue weighted by Gasteiger charge is -2.07. The number of ether oxygens (including phenoxy) is 2. The summed E-state index contributed by atoms with van der Waals surface area (Å²) < 4.78 is 11.2. The Morgan fingerprint density at radius 3 is 2.81 bits per heavy atom. The Morgan fingerprint density at radius 2 is 2.06 bits per heavy atom.